The third-order valence-electron chi connectivity index (χ3n) is 2.80. The fourth-order valence-corrected chi connectivity index (χ4v) is 2.40. The normalized spacial score (nSPS) is 10.5. The second-order valence-corrected chi connectivity index (χ2v) is 5.65. The number of nitrogens with two attached hydrogens (primary N) is 1. The first-order chi connectivity index (χ1) is 9.10. The Kier molecular flexibility index (Phi) is 4.86. The van der Waals surface area contributed by atoms with Crippen molar-refractivity contribution in [2.75, 3.05) is 6.54 Å². The lowest BCUT2D eigenvalue weighted by Gasteiger charge is -2.13. The van der Waals surface area contributed by atoms with E-state index in [4.69, 9.17) is 22.1 Å². The minimum atomic E-state index is 0.595. The van der Waals surface area contributed by atoms with Gasteiger partial charge in [-0.05, 0) is 61.3 Å². The number of hydrogen-bond donors (Lipinski definition) is 1. The van der Waals surface area contributed by atoms with Gasteiger partial charge in [0.15, 0.2) is 0 Å². The zero-order valence-electron chi connectivity index (χ0n) is 10.6. The number of benzene rings is 2. The van der Waals surface area contributed by atoms with Crippen LogP contribution in [0.3, 0.4) is 0 Å². The van der Waals surface area contributed by atoms with Crippen molar-refractivity contribution in [1.29, 1.82) is 0 Å². The third-order valence-corrected chi connectivity index (χ3v) is 3.53. The van der Waals surface area contributed by atoms with Crippen molar-refractivity contribution in [2.24, 2.45) is 5.73 Å². The summed E-state index contributed by atoms with van der Waals surface area (Å²) in [7, 11) is 0. The van der Waals surface area contributed by atoms with Crippen molar-refractivity contribution < 1.29 is 4.74 Å². The second-order valence-electron chi connectivity index (χ2n) is 4.30. The van der Waals surface area contributed by atoms with Gasteiger partial charge in [0.05, 0.1) is 0 Å². The van der Waals surface area contributed by atoms with E-state index in [0.29, 0.717) is 11.6 Å². The van der Waals surface area contributed by atoms with E-state index in [9.17, 15) is 0 Å². The molecular weight excluding hydrogens is 326 g/mol. The predicted octanol–water partition coefficient (Wildman–Crippen LogP) is 4.70. The Labute approximate surface area is 126 Å². The summed E-state index contributed by atoms with van der Waals surface area (Å²) in [4.78, 5) is 0. The molecule has 2 aromatic carbocycles. The van der Waals surface area contributed by atoms with Gasteiger partial charge in [0.1, 0.15) is 11.5 Å². The highest BCUT2D eigenvalue weighted by molar-refractivity contribution is 9.10. The predicted molar refractivity (Wildman–Crippen MR) is 83.2 cm³/mol. The minimum absolute atomic E-state index is 0.595. The lowest BCUT2D eigenvalue weighted by Crippen LogP contribution is -2.04. The maximum Gasteiger partial charge on any atom is 0.131 e. The molecule has 0 aliphatic carbocycles. The van der Waals surface area contributed by atoms with Gasteiger partial charge < -0.3 is 10.5 Å². The van der Waals surface area contributed by atoms with Crippen LogP contribution in [0.4, 0.5) is 0 Å². The highest BCUT2D eigenvalue weighted by Crippen LogP contribution is 2.31. The van der Waals surface area contributed by atoms with Gasteiger partial charge in [-0.3, -0.25) is 0 Å². The van der Waals surface area contributed by atoms with Gasteiger partial charge >= 0.3 is 0 Å². The SMILES string of the molecule is Cc1cc(Cl)ccc1Oc1cc(Br)ccc1CCN. The van der Waals surface area contributed by atoms with Crippen molar-refractivity contribution in [3.63, 3.8) is 0 Å². The van der Waals surface area contributed by atoms with Crippen molar-refractivity contribution in [3.8, 4) is 11.5 Å². The van der Waals surface area contributed by atoms with Crippen LogP contribution in [0, 0.1) is 6.92 Å². The van der Waals surface area contributed by atoms with Crippen LogP contribution >= 0.6 is 27.5 Å². The van der Waals surface area contributed by atoms with Gasteiger partial charge in [-0.25, -0.2) is 0 Å². The summed E-state index contributed by atoms with van der Waals surface area (Å²) in [5.41, 5.74) is 7.73. The van der Waals surface area contributed by atoms with Gasteiger partial charge in [-0.2, -0.15) is 0 Å². The molecule has 0 unspecified atom stereocenters. The van der Waals surface area contributed by atoms with E-state index in [2.05, 4.69) is 15.9 Å². The molecule has 100 valence electrons. The van der Waals surface area contributed by atoms with Gasteiger partial charge in [0, 0.05) is 9.50 Å². The van der Waals surface area contributed by atoms with E-state index in [1.165, 1.54) is 0 Å². The first-order valence-electron chi connectivity index (χ1n) is 6.02. The smallest absolute Gasteiger partial charge is 0.131 e. The topological polar surface area (TPSA) is 35.2 Å². The molecule has 0 bridgehead atoms. The molecule has 0 fully saturated rings. The van der Waals surface area contributed by atoms with Gasteiger partial charge in [-0.1, -0.05) is 33.6 Å². The Morgan fingerprint density at radius 3 is 2.63 bits per heavy atom. The molecule has 2 rings (SSSR count). The highest BCUT2D eigenvalue weighted by atomic mass is 79.9. The quantitative estimate of drug-likeness (QED) is 0.875. The van der Waals surface area contributed by atoms with Gasteiger partial charge in [-0.15, -0.1) is 0 Å². The maximum atomic E-state index is 5.98. The van der Waals surface area contributed by atoms with E-state index in [1.54, 1.807) is 0 Å². The van der Waals surface area contributed by atoms with Crippen LogP contribution in [-0.2, 0) is 6.42 Å². The standard InChI is InChI=1S/C15H15BrClNO/c1-10-8-13(17)4-5-14(10)19-15-9-12(16)3-2-11(15)6-7-18/h2-5,8-9H,6-7,18H2,1H3. The Morgan fingerprint density at radius 2 is 1.95 bits per heavy atom. The Balaban J connectivity index is 2.33. The Hall–Kier alpha value is -1.03. The van der Waals surface area contributed by atoms with E-state index < -0.39 is 0 Å². The number of halogens is 2. The molecule has 0 heterocycles. The lowest BCUT2D eigenvalue weighted by molar-refractivity contribution is 0.472. The van der Waals surface area contributed by atoms with E-state index in [0.717, 1.165) is 33.5 Å². The summed E-state index contributed by atoms with van der Waals surface area (Å²) < 4.78 is 6.97. The molecule has 0 spiro atoms. The summed E-state index contributed by atoms with van der Waals surface area (Å²) in [5.74, 6) is 1.63. The summed E-state index contributed by atoms with van der Waals surface area (Å²) >= 11 is 9.41. The summed E-state index contributed by atoms with van der Waals surface area (Å²) in [5, 5.41) is 0.710. The molecule has 0 radical (unpaired) electrons. The lowest BCUT2D eigenvalue weighted by atomic mass is 10.1. The monoisotopic (exact) mass is 339 g/mol. The molecule has 2 aromatic rings. The number of rotatable bonds is 4. The van der Waals surface area contributed by atoms with Crippen LogP contribution in [0.15, 0.2) is 40.9 Å². The highest BCUT2D eigenvalue weighted by Gasteiger charge is 2.07. The van der Waals surface area contributed by atoms with Crippen LogP contribution in [0.1, 0.15) is 11.1 Å². The number of aryl methyl sites for hydroxylation is 1. The molecule has 0 amide bonds. The molecule has 0 aliphatic heterocycles. The summed E-state index contributed by atoms with van der Waals surface area (Å²) in [6, 6.07) is 11.6. The molecular formula is C15H15BrClNO. The van der Waals surface area contributed by atoms with Gasteiger partial charge in [0.2, 0.25) is 0 Å². The molecule has 2 nitrogen and oxygen atoms in total. The van der Waals surface area contributed by atoms with Crippen molar-refractivity contribution in [3.05, 3.63) is 57.0 Å². The maximum absolute atomic E-state index is 5.98. The first-order valence-corrected chi connectivity index (χ1v) is 7.20. The largest absolute Gasteiger partial charge is 0.457 e. The average Bonchev–Trinajstić information content (AvgIpc) is 2.36. The van der Waals surface area contributed by atoms with E-state index in [-0.39, 0.29) is 0 Å². The molecule has 0 aliphatic rings. The van der Waals surface area contributed by atoms with E-state index in [1.807, 2.05) is 43.3 Å². The van der Waals surface area contributed by atoms with Gasteiger partial charge in [0.25, 0.3) is 0 Å². The Morgan fingerprint density at radius 1 is 1.16 bits per heavy atom. The number of ether oxygens (including phenoxy) is 1. The van der Waals surface area contributed by atoms with Crippen LogP contribution in [0.25, 0.3) is 0 Å². The molecule has 0 saturated heterocycles. The average molecular weight is 341 g/mol. The summed E-state index contributed by atoms with van der Waals surface area (Å²) in [6.07, 6.45) is 0.787. The molecule has 0 aromatic heterocycles. The van der Waals surface area contributed by atoms with E-state index >= 15 is 0 Å². The molecule has 0 saturated carbocycles. The molecule has 19 heavy (non-hydrogen) atoms. The third kappa shape index (κ3) is 3.72. The molecule has 4 heteroatoms. The fourth-order valence-electron chi connectivity index (χ4n) is 1.83. The number of hydrogen-bond acceptors (Lipinski definition) is 2. The first kappa shape index (κ1) is 14.4. The van der Waals surface area contributed by atoms with Crippen molar-refractivity contribution >= 4 is 27.5 Å². The molecule has 0 atom stereocenters. The Bertz CT molecular complexity index is 586. The summed E-state index contributed by atoms with van der Waals surface area (Å²) in [6.45, 7) is 2.57. The zero-order valence-corrected chi connectivity index (χ0v) is 13.0. The zero-order chi connectivity index (χ0) is 13.8. The fraction of sp³-hybridized carbons (Fsp3) is 0.200. The van der Waals surface area contributed by atoms with Crippen molar-refractivity contribution in [2.45, 2.75) is 13.3 Å². The molecule has 2 N–H and O–H groups in total. The minimum Gasteiger partial charge on any atom is -0.457 e. The van der Waals surface area contributed by atoms with Crippen LogP contribution in [-0.4, -0.2) is 6.54 Å². The van der Waals surface area contributed by atoms with Crippen molar-refractivity contribution in [1.82, 2.24) is 0 Å². The van der Waals surface area contributed by atoms with Crippen LogP contribution in [0.2, 0.25) is 5.02 Å². The van der Waals surface area contributed by atoms with Crippen LogP contribution < -0.4 is 10.5 Å². The second kappa shape index (κ2) is 6.42. The van der Waals surface area contributed by atoms with Crippen LogP contribution in [0.5, 0.6) is 11.5 Å².